The molecule has 7 nitrogen and oxygen atoms in total. The maximum atomic E-state index is 13.4. The number of amides is 2. The number of carbonyl (C=O) groups excluding carboxylic acids is 2. The van der Waals surface area contributed by atoms with E-state index >= 15 is 0 Å². The molecule has 0 aliphatic heterocycles. The predicted octanol–water partition coefficient (Wildman–Crippen LogP) is 4.62. The van der Waals surface area contributed by atoms with Gasteiger partial charge in [0.1, 0.15) is 5.82 Å². The van der Waals surface area contributed by atoms with Gasteiger partial charge in [0, 0.05) is 23.8 Å². The quantitative estimate of drug-likeness (QED) is 0.426. The summed E-state index contributed by atoms with van der Waals surface area (Å²) in [5.74, 6) is 0.247. The number of nitrogens with zero attached hydrogens (tertiary/aromatic N) is 3. The topological polar surface area (TPSA) is 88.9 Å². The summed E-state index contributed by atoms with van der Waals surface area (Å²) in [5.41, 5.74) is 5.19. The number of aryl methyl sites for hydroxylation is 2. The van der Waals surface area contributed by atoms with E-state index in [1.165, 1.54) is 0 Å². The Hall–Kier alpha value is -4.00. The third kappa shape index (κ3) is 5.14. The van der Waals surface area contributed by atoms with Crippen molar-refractivity contribution in [3.8, 4) is 0 Å². The van der Waals surface area contributed by atoms with Gasteiger partial charge in [-0.1, -0.05) is 50.2 Å². The molecule has 2 aromatic heterocycles. The van der Waals surface area contributed by atoms with E-state index < -0.39 is 0 Å². The molecule has 0 radical (unpaired) electrons. The third-order valence-corrected chi connectivity index (χ3v) is 5.63. The van der Waals surface area contributed by atoms with Crippen molar-refractivity contribution in [3.63, 3.8) is 0 Å². The Morgan fingerprint density at radius 1 is 0.971 bits per heavy atom. The molecule has 2 N–H and O–H groups in total. The molecule has 0 spiro atoms. The Labute approximate surface area is 199 Å². The Kier molecular flexibility index (Phi) is 6.72. The van der Waals surface area contributed by atoms with E-state index in [-0.39, 0.29) is 17.7 Å². The van der Waals surface area contributed by atoms with Crippen LogP contribution in [0.2, 0.25) is 0 Å². The first-order valence-corrected chi connectivity index (χ1v) is 11.4. The number of nitrogens with one attached hydrogen (secondary N) is 2. The molecule has 4 rings (SSSR count). The van der Waals surface area contributed by atoms with Crippen molar-refractivity contribution in [3.05, 3.63) is 89.0 Å². The third-order valence-electron chi connectivity index (χ3n) is 5.63. The molecule has 0 unspecified atom stereocenters. The second-order valence-electron chi connectivity index (χ2n) is 8.72. The van der Waals surface area contributed by atoms with E-state index in [4.69, 9.17) is 4.98 Å². The maximum absolute atomic E-state index is 13.4. The zero-order valence-electron chi connectivity index (χ0n) is 19.9. The van der Waals surface area contributed by atoms with Crippen LogP contribution in [0.4, 0.5) is 5.69 Å². The highest BCUT2D eigenvalue weighted by molar-refractivity contribution is 6.07. The first kappa shape index (κ1) is 23.2. The fourth-order valence-corrected chi connectivity index (χ4v) is 3.84. The van der Waals surface area contributed by atoms with Crippen LogP contribution in [0, 0.1) is 19.8 Å². The zero-order chi connectivity index (χ0) is 24.2. The molecule has 2 amide bonds. The Balaban J connectivity index is 1.75. The van der Waals surface area contributed by atoms with Crippen LogP contribution in [0.15, 0.2) is 60.7 Å². The summed E-state index contributed by atoms with van der Waals surface area (Å²) in [6, 6.07) is 19.3. The summed E-state index contributed by atoms with van der Waals surface area (Å²) in [7, 11) is 0. The molecule has 2 heterocycles. The molecular formula is C27H29N5O2. The van der Waals surface area contributed by atoms with Crippen molar-refractivity contribution >= 4 is 28.5 Å². The van der Waals surface area contributed by atoms with E-state index in [1.54, 1.807) is 6.07 Å². The lowest BCUT2D eigenvalue weighted by Gasteiger charge is -2.14. The predicted molar refractivity (Wildman–Crippen MR) is 134 cm³/mol. The number of benzene rings is 2. The highest BCUT2D eigenvalue weighted by atomic mass is 16.2. The van der Waals surface area contributed by atoms with Gasteiger partial charge in [0.2, 0.25) is 5.91 Å². The largest absolute Gasteiger partial charge is 0.346 e. The summed E-state index contributed by atoms with van der Waals surface area (Å²) in [4.78, 5) is 34.9. The summed E-state index contributed by atoms with van der Waals surface area (Å²) < 4.78 is 2.04. The van der Waals surface area contributed by atoms with Gasteiger partial charge in [0.15, 0.2) is 0 Å². The fraction of sp³-hybridized carbons (Fsp3) is 0.259. The molecule has 0 atom stereocenters. The van der Waals surface area contributed by atoms with Crippen molar-refractivity contribution in [2.24, 2.45) is 5.92 Å². The first-order valence-electron chi connectivity index (χ1n) is 11.4. The molecule has 0 aliphatic carbocycles. The molecule has 4 aromatic rings. The molecule has 0 bridgehead atoms. The van der Waals surface area contributed by atoms with Crippen LogP contribution in [-0.4, -0.2) is 26.3 Å². The summed E-state index contributed by atoms with van der Waals surface area (Å²) in [5, 5.41) is 5.89. The Morgan fingerprint density at radius 2 is 1.74 bits per heavy atom. The molecule has 0 saturated heterocycles. The molecule has 174 valence electrons. The van der Waals surface area contributed by atoms with Gasteiger partial charge in [-0.15, -0.1) is 0 Å². The van der Waals surface area contributed by atoms with Crippen LogP contribution in [0.5, 0.6) is 0 Å². The number of carbonyl (C=O) groups is 2. The lowest BCUT2D eigenvalue weighted by atomic mass is 10.1. The SMILES string of the molecule is Cc1cccc(CNC(=O)c2cc(NC(=O)C(C)C)cc3nc(C)n(Cc4ccccc4)c23)n1. The second kappa shape index (κ2) is 9.87. The van der Waals surface area contributed by atoms with Crippen LogP contribution < -0.4 is 10.6 Å². The van der Waals surface area contributed by atoms with E-state index in [1.807, 2.05) is 86.9 Å². The van der Waals surface area contributed by atoms with E-state index in [0.717, 1.165) is 28.3 Å². The smallest absolute Gasteiger partial charge is 0.253 e. The number of anilines is 1. The van der Waals surface area contributed by atoms with Crippen molar-refractivity contribution in [2.45, 2.75) is 40.8 Å². The van der Waals surface area contributed by atoms with Gasteiger partial charge in [0.05, 0.1) is 28.8 Å². The summed E-state index contributed by atoms with van der Waals surface area (Å²) in [6.07, 6.45) is 0. The van der Waals surface area contributed by atoms with Crippen LogP contribution in [0.25, 0.3) is 11.0 Å². The average Bonchev–Trinajstić information content (AvgIpc) is 3.12. The molecule has 0 saturated carbocycles. The number of pyridine rings is 1. The molecule has 2 aromatic carbocycles. The Morgan fingerprint density at radius 3 is 2.44 bits per heavy atom. The van der Waals surface area contributed by atoms with Crippen LogP contribution in [-0.2, 0) is 17.9 Å². The lowest BCUT2D eigenvalue weighted by molar-refractivity contribution is -0.118. The minimum Gasteiger partial charge on any atom is -0.346 e. The van der Waals surface area contributed by atoms with Crippen LogP contribution >= 0.6 is 0 Å². The number of hydrogen-bond acceptors (Lipinski definition) is 4. The minimum atomic E-state index is -0.247. The molecular weight excluding hydrogens is 426 g/mol. The Bertz CT molecular complexity index is 1340. The number of imidazole rings is 1. The van der Waals surface area contributed by atoms with Crippen molar-refractivity contribution in [1.29, 1.82) is 0 Å². The standard InChI is InChI=1S/C27H29N5O2/c1-17(2)26(33)31-22-13-23(27(34)28-15-21-12-8-9-18(3)29-21)25-24(14-22)30-19(4)32(25)16-20-10-6-5-7-11-20/h5-14,17H,15-16H2,1-4H3,(H,28,34)(H,31,33). The van der Waals surface area contributed by atoms with Gasteiger partial charge in [-0.3, -0.25) is 14.6 Å². The van der Waals surface area contributed by atoms with E-state index in [9.17, 15) is 9.59 Å². The fourth-order valence-electron chi connectivity index (χ4n) is 3.84. The number of hydrogen-bond donors (Lipinski definition) is 2. The monoisotopic (exact) mass is 455 g/mol. The van der Waals surface area contributed by atoms with Gasteiger partial charge < -0.3 is 15.2 Å². The van der Waals surface area contributed by atoms with Crippen molar-refractivity contribution < 1.29 is 9.59 Å². The molecule has 34 heavy (non-hydrogen) atoms. The summed E-state index contributed by atoms with van der Waals surface area (Å²) in [6.45, 7) is 8.38. The molecule has 0 fully saturated rings. The van der Waals surface area contributed by atoms with Gasteiger partial charge >= 0.3 is 0 Å². The second-order valence-corrected chi connectivity index (χ2v) is 8.72. The van der Waals surface area contributed by atoms with Gasteiger partial charge in [0.25, 0.3) is 5.91 Å². The first-order chi connectivity index (χ1) is 16.3. The highest BCUT2D eigenvalue weighted by Crippen LogP contribution is 2.27. The van der Waals surface area contributed by atoms with E-state index in [0.29, 0.717) is 29.9 Å². The molecule has 7 heteroatoms. The van der Waals surface area contributed by atoms with Crippen molar-refractivity contribution in [2.75, 3.05) is 5.32 Å². The van der Waals surface area contributed by atoms with Gasteiger partial charge in [-0.05, 0) is 43.7 Å². The van der Waals surface area contributed by atoms with Crippen LogP contribution in [0.1, 0.15) is 47.0 Å². The number of rotatable bonds is 7. The number of aromatic nitrogens is 3. The minimum absolute atomic E-state index is 0.116. The maximum Gasteiger partial charge on any atom is 0.253 e. The van der Waals surface area contributed by atoms with Gasteiger partial charge in [-0.2, -0.15) is 0 Å². The van der Waals surface area contributed by atoms with Gasteiger partial charge in [-0.25, -0.2) is 4.98 Å². The molecule has 0 aliphatic rings. The lowest BCUT2D eigenvalue weighted by Crippen LogP contribution is -2.25. The average molecular weight is 456 g/mol. The highest BCUT2D eigenvalue weighted by Gasteiger charge is 2.20. The van der Waals surface area contributed by atoms with E-state index in [2.05, 4.69) is 15.6 Å². The summed E-state index contributed by atoms with van der Waals surface area (Å²) >= 11 is 0. The zero-order valence-corrected chi connectivity index (χ0v) is 19.9. The number of fused-ring (bicyclic) bond motifs is 1. The van der Waals surface area contributed by atoms with Crippen LogP contribution in [0.3, 0.4) is 0 Å². The normalized spacial score (nSPS) is 11.1. The van der Waals surface area contributed by atoms with Crippen molar-refractivity contribution in [1.82, 2.24) is 19.9 Å².